The van der Waals surface area contributed by atoms with Crippen LogP contribution in [0.25, 0.3) is 0 Å². The minimum atomic E-state index is -4.51. The topological polar surface area (TPSA) is 83.7 Å². The van der Waals surface area contributed by atoms with E-state index in [-0.39, 0.29) is 17.4 Å². The number of nitrogens with zero attached hydrogens (tertiary/aromatic N) is 1. The number of benzene rings is 1. The average molecular weight is 461 g/mol. The first-order valence-corrected chi connectivity index (χ1v) is 10.6. The molecule has 4 rings (SSSR count). The Balaban J connectivity index is 1.57. The molecule has 1 aliphatic rings. The first-order chi connectivity index (χ1) is 15.2. The zero-order valence-corrected chi connectivity index (χ0v) is 17.7. The van der Waals surface area contributed by atoms with E-state index in [0.29, 0.717) is 40.3 Å². The number of hydrogen-bond donors (Lipinski definition) is 2. The number of alkyl halides is 3. The Morgan fingerprint density at radius 1 is 1.12 bits per heavy atom. The highest BCUT2D eigenvalue weighted by atomic mass is 32.1. The van der Waals surface area contributed by atoms with Crippen molar-refractivity contribution in [2.75, 3.05) is 5.32 Å². The molecule has 10 heteroatoms. The summed E-state index contributed by atoms with van der Waals surface area (Å²) in [5.74, 6) is -0.417. The van der Waals surface area contributed by atoms with Crippen LogP contribution < -0.4 is 10.7 Å². The van der Waals surface area contributed by atoms with Crippen LogP contribution in [0, 0.1) is 6.92 Å². The number of hydrazone groups is 1. The number of nitrogens with one attached hydrogen (secondary N) is 2. The van der Waals surface area contributed by atoms with Gasteiger partial charge in [-0.25, -0.2) is 5.43 Å². The number of fused-ring (bicyclic) bond motifs is 1. The van der Waals surface area contributed by atoms with E-state index >= 15 is 0 Å². The third kappa shape index (κ3) is 4.45. The highest BCUT2D eigenvalue weighted by Crippen LogP contribution is 2.32. The first kappa shape index (κ1) is 21.8. The maximum atomic E-state index is 12.9. The molecule has 0 radical (unpaired) electrons. The fourth-order valence-corrected chi connectivity index (χ4v) is 4.15. The third-order valence-electron chi connectivity index (χ3n) is 5.02. The molecule has 0 fully saturated rings. The summed E-state index contributed by atoms with van der Waals surface area (Å²) in [4.78, 5) is 25.5. The van der Waals surface area contributed by atoms with Gasteiger partial charge in [0, 0.05) is 23.2 Å². The Bertz CT molecular complexity index is 1200. The van der Waals surface area contributed by atoms with E-state index in [0.717, 1.165) is 18.6 Å². The minimum Gasteiger partial charge on any atom is -0.455 e. The van der Waals surface area contributed by atoms with Gasteiger partial charge in [-0.1, -0.05) is 12.1 Å². The maximum absolute atomic E-state index is 12.9. The summed E-state index contributed by atoms with van der Waals surface area (Å²) < 4.78 is 44.6. The van der Waals surface area contributed by atoms with Crippen molar-refractivity contribution >= 4 is 34.6 Å². The van der Waals surface area contributed by atoms with Gasteiger partial charge in [-0.2, -0.15) is 18.3 Å². The van der Waals surface area contributed by atoms with Gasteiger partial charge in [-0.3, -0.25) is 9.59 Å². The molecular formula is C22H18F3N3O3S. The molecule has 0 saturated heterocycles. The number of anilines is 1. The second kappa shape index (κ2) is 8.62. The first-order valence-electron chi connectivity index (χ1n) is 9.75. The Morgan fingerprint density at radius 3 is 2.66 bits per heavy atom. The standard InChI is InChI=1S/C22H18F3N3O3S/c1-12-18-15(27-28-20(29)17-9-4-10-32-17)7-3-8-16(18)31-19(12)21(30)26-14-6-2-5-13(11-14)22(23,24)25/h2,4-6,9-11H,3,7-8H2,1H3,(H,26,30)(H,28,29)/b27-15+. The molecule has 0 aliphatic heterocycles. The van der Waals surface area contributed by atoms with Crippen molar-refractivity contribution in [3.8, 4) is 0 Å². The zero-order chi connectivity index (χ0) is 22.9. The van der Waals surface area contributed by atoms with Crippen molar-refractivity contribution in [1.29, 1.82) is 0 Å². The normalized spacial score (nSPS) is 14.8. The lowest BCUT2D eigenvalue weighted by Gasteiger charge is -2.13. The summed E-state index contributed by atoms with van der Waals surface area (Å²) in [5, 5.41) is 8.49. The fourth-order valence-electron chi connectivity index (χ4n) is 3.54. The number of amides is 2. The highest BCUT2D eigenvalue weighted by molar-refractivity contribution is 7.12. The predicted octanol–water partition coefficient (Wildman–Crippen LogP) is 5.39. The van der Waals surface area contributed by atoms with Crippen LogP contribution in [0.15, 0.2) is 51.3 Å². The number of halogens is 3. The molecule has 0 saturated carbocycles. The fraction of sp³-hybridized carbons (Fsp3) is 0.227. The van der Waals surface area contributed by atoms with E-state index in [2.05, 4.69) is 15.8 Å². The van der Waals surface area contributed by atoms with Gasteiger partial charge in [-0.15, -0.1) is 11.3 Å². The van der Waals surface area contributed by atoms with Crippen LogP contribution in [0.5, 0.6) is 0 Å². The molecule has 6 nitrogen and oxygen atoms in total. The Labute approximate surface area is 185 Å². The number of rotatable bonds is 4. The molecule has 0 atom stereocenters. The summed E-state index contributed by atoms with van der Waals surface area (Å²) in [7, 11) is 0. The van der Waals surface area contributed by atoms with Gasteiger partial charge in [0.2, 0.25) is 0 Å². The van der Waals surface area contributed by atoms with Crippen molar-refractivity contribution in [2.24, 2.45) is 5.10 Å². The number of carbonyl (C=O) groups is 2. The largest absolute Gasteiger partial charge is 0.455 e. The molecule has 0 spiro atoms. The second-order valence-corrected chi connectivity index (χ2v) is 8.17. The highest BCUT2D eigenvalue weighted by Gasteiger charge is 2.31. The lowest BCUT2D eigenvalue weighted by Crippen LogP contribution is -2.21. The van der Waals surface area contributed by atoms with Crippen LogP contribution >= 0.6 is 11.3 Å². The molecule has 2 N–H and O–H groups in total. The van der Waals surface area contributed by atoms with Crippen molar-refractivity contribution in [3.63, 3.8) is 0 Å². The molecular weight excluding hydrogens is 443 g/mol. The van der Waals surface area contributed by atoms with Gasteiger partial charge >= 0.3 is 6.18 Å². The molecule has 32 heavy (non-hydrogen) atoms. The lowest BCUT2D eigenvalue weighted by molar-refractivity contribution is -0.137. The van der Waals surface area contributed by atoms with Crippen LogP contribution in [0.2, 0.25) is 0 Å². The molecule has 1 aliphatic carbocycles. The smallest absolute Gasteiger partial charge is 0.416 e. The molecule has 3 aromatic rings. The number of furan rings is 1. The van der Waals surface area contributed by atoms with E-state index in [1.165, 1.54) is 23.5 Å². The van der Waals surface area contributed by atoms with Gasteiger partial charge in [0.25, 0.3) is 11.8 Å². The Morgan fingerprint density at radius 2 is 1.94 bits per heavy atom. The van der Waals surface area contributed by atoms with Crippen LogP contribution in [0.4, 0.5) is 18.9 Å². The SMILES string of the molecule is Cc1c(C(=O)Nc2cccc(C(F)(F)F)c2)oc2c1/C(=N/NC(=O)c1cccs1)CCC2. The van der Waals surface area contributed by atoms with Crippen molar-refractivity contribution < 1.29 is 27.2 Å². The van der Waals surface area contributed by atoms with Gasteiger partial charge in [0.15, 0.2) is 5.76 Å². The minimum absolute atomic E-state index is 0.00611. The summed E-state index contributed by atoms with van der Waals surface area (Å²) >= 11 is 1.29. The lowest BCUT2D eigenvalue weighted by atomic mass is 9.93. The predicted molar refractivity (Wildman–Crippen MR) is 114 cm³/mol. The molecule has 0 bridgehead atoms. The molecule has 1 aromatic carbocycles. The molecule has 2 heterocycles. The Hall–Kier alpha value is -3.40. The zero-order valence-electron chi connectivity index (χ0n) is 16.9. The van der Waals surface area contributed by atoms with E-state index in [1.54, 1.807) is 24.4 Å². The molecule has 0 unspecified atom stereocenters. The quantitative estimate of drug-likeness (QED) is 0.511. The van der Waals surface area contributed by atoms with E-state index in [9.17, 15) is 22.8 Å². The van der Waals surface area contributed by atoms with Crippen LogP contribution in [-0.4, -0.2) is 17.5 Å². The summed E-state index contributed by atoms with van der Waals surface area (Å²) in [6.45, 7) is 1.69. The maximum Gasteiger partial charge on any atom is 0.416 e. The Kier molecular flexibility index (Phi) is 5.88. The van der Waals surface area contributed by atoms with Crippen molar-refractivity contribution in [2.45, 2.75) is 32.4 Å². The van der Waals surface area contributed by atoms with Gasteiger partial charge in [-0.05, 0) is 49.4 Å². The number of hydrogen-bond acceptors (Lipinski definition) is 5. The summed E-state index contributed by atoms with van der Waals surface area (Å²) in [6, 6.07) is 7.84. The van der Waals surface area contributed by atoms with E-state index in [1.807, 2.05) is 0 Å². The van der Waals surface area contributed by atoms with Gasteiger partial charge in [0.1, 0.15) is 5.76 Å². The van der Waals surface area contributed by atoms with E-state index < -0.39 is 17.6 Å². The molecule has 166 valence electrons. The number of aryl methyl sites for hydroxylation is 1. The van der Waals surface area contributed by atoms with Crippen molar-refractivity contribution in [1.82, 2.24) is 5.43 Å². The van der Waals surface area contributed by atoms with Crippen molar-refractivity contribution in [3.05, 3.63) is 74.9 Å². The molecule has 2 amide bonds. The third-order valence-corrected chi connectivity index (χ3v) is 5.89. The average Bonchev–Trinajstić information content (AvgIpc) is 3.40. The van der Waals surface area contributed by atoms with E-state index in [4.69, 9.17) is 4.42 Å². The van der Waals surface area contributed by atoms with Crippen LogP contribution in [0.1, 0.15) is 55.5 Å². The van der Waals surface area contributed by atoms with Crippen LogP contribution in [-0.2, 0) is 12.6 Å². The molecule has 2 aromatic heterocycles. The monoisotopic (exact) mass is 461 g/mol. The summed E-state index contributed by atoms with van der Waals surface area (Å²) in [5.41, 5.74) is 3.45. The van der Waals surface area contributed by atoms with Gasteiger partial charge in [0.05, 0.1) is 16.2 Å². The second-order valence-electron chi connectivity index (χ2n) is 7.22. The van der Waals surface area contributed by atoms with Crippen LogP contribution in [0.3, 0.4) is 0 Å². The number of carbonyl (C=O) groups excluding carboxylic acids is 2. The van der Waals surface area contributed by atoms with Gasteiger partial charge < -0.3 is 9.73 Å². The summed E-state index contributed by atoms with van der Waals surface area (Å²) in [6.07, 6.45) is -2.61. The number of thiophene rings is 1.